The lowest BCUT2D eigenvalue weighted by Gasteiger charge is -2.57. The maximum absolute atomic E-state index is 12.5. The number of carbonyl (C=O) groups excluding carboxylic acids is 1. The quantitative estimate of drug-likeness (QED) is 0.839. The summed E-state index contributed by atoms with van der Waals surface area (Å²) in [6.07, 6.45) is 13.3. The molecule has 118 valence electrons. The van der Waals surface area contributed by atoms with Crippen LogP contribution in [0.1, 0.15) is 64.2 Å². The third-order valence-corrected chi connectivity index (χ3v) is 6.68. The number of hydrogen-bond acceptors (Lipinski definition) is 2. The average Bonchev–Trinajstić information content (AvgIpc) is 2.72. The van der Waals surface area contributed by atoms with Gasteiger partial charge in [0.2, 0.25) is 5.91 Å². The Morgan fingerprint density at radius 2 is 1.67 bits per heavy atom. The molecule has 0 radical (unpaired) electrons. The predicted octanol–water partition coefficient (Wildman–Crippen LogP) is 2.85. The topological polar surface area (TPSA) is 41.1 Å². The fourth-order valence-corrected chi connectivity index (χ4v) is 6.16. The van der Waals surface area contributed by atoms with Crippen molar-refractivity contribution in [3.63, 3.8) is 0 Å². The summed E-state index contributed by atoms with van der Waals surface area (Å²) in [5, 5.41) is 6.76. The molecule has 3 heteroatoms. The molecule has 2 N–H and O–H groups in total. The molecule has 1 heterocycles. The molecule has 4 saturated carbocycles. The Morgan fingerprint density at radius 3 is 2.33 bits per heavy atom. The number of carbonyl (C=O) groups is 1. The molecule has 4 aliphatic carbocycles. The monoisotopic (exact) mass is 290 g/mol. The number of nitrogens with one attached hydrogen (secondary N) is 2. The molecule has 5 aliphatic rings. The molecule has 1 unspecified atom stereocenters. The van der Waals surface area contributed by atoms with Crippen molar-refractivity contribution in [1.82, 2.24) is 10.6 Å². The zero-order valence-electron chi connectivity index (χ0n) is 13.2. The van der Waals surface area contributed by atoms with Crippen LogP contribution in [0.3, 0.4) is 0 Å². The first kappa shape index (κ1) is 14.0. The van der Waals surface area contributed by atoms with Gasteiger partial charge in [0.25, 0.3) is 0 Å². The minimum absolute atomic E-state index is 0.0708. The summed E-state index contributed by atoms with van der Waals surface area (Å²) in [6, 6.07) is 0.0708. The SMILES string of the molecule is O=C(NCC12CC3CC(CC(C3)C1)C2)C1CCCCCN1. The van der Waals surface area contributed by atoms with E-state index in [1.807, 2.05) is 0 Å². The largest absolute Gasteiger partial charge is 0.354 e. The summed E-state index contributed by atoms with van der Waals surface area (Å²) in [6.45, 7) is 1.96. The molecular weight excluding hydrogens is 260 g/mol. The predicted molar refractivity (Wildman–Crippen MR) is 83.9 cm³/mol. The van der Waals surface area contributed by atoms with Crippen LogP contribution < -0.4 is 10.6 Å². The summed E-state index contributed by atoms with van der Waals surface area (Å²) in [7, 11) is 0. The summed E-state index contributed by atoms with van der Waals surface area (Å²) >= 11 is 0. The zero-order chi connectivity index (χ0) is 14.3. The van der Waals surface area contributed by atoms with Gasteiger partial charge in [-0.15, -0.1) is 0 Å². The second-order valence-electron chi connectivity index (χ2n) is 8.49. The standard InChI is InChI=1S/C18H30N2O/c21-17(16-4-2-1-3-5-19-16)20-12-18-9-13-6-14(10-18)8-15(7-13)11-18/h13-16,19H,1-12H2,(H,20,21). The zero-order valence-corrected chi connectivity index (χ0v) is 13.2. The van der Waals surface area contributed by atoms with E-state index in [4.69, 9.17) is 0 Å². The van der Waals surface area contributed by atoms with Gasteiger partial charge >= 0.3 is 0 Å². The highest BCUT2D eigenvalue weighted by atomic mass is 16.2. The lowest BCUT2D eigenvalue weighted by atomic mass is 9.49. The lowest BCUT2D eigenvalue weighted by Crippen LogP contribution is -2.53. The van der Waals surface area contributed by atoms with Crippen LogP contribution in [0.5, 0.6) is 0 Å². The molecule has 4 bridgehead atoms. The number of rotatable bonds is 3. The van der Waals surface area contributed by atoms with Crippen LogP contribution in [0.25, 0.3) is 0 Å². The Labute approximate surface area is 128 Å². The minimum Gasteiger partial charge on any atom is -0.354 e. The molecule has 1 amide bonds. The molecule has 0 aromatic heterocycles. The first-order valence-electron chi connectivity index (χ1n) is 9.24. The minimum atomic E-state index is 0.0708. The molecule has 1 atom stereocenters. The van der Waals surface area contributed by atoms with Crippen LogP contribution in [0.4, 0.5) is 0 Å². The summed E-state index contributed by atoms with van der Waals surface area (Å²) < 4.78 is 0. The van der Waals surface area contributed by atoms with Crippen LogP contribution in [-0.2, 0) is 4.79 Å². The Hall–Kier alpha value is -0.570. The van der Waals surface area contributed by atoms with Gasteiger partial charge in [-0.05, 0) is 81.1 Å². The van der Waals surface area contributed by atoms with Crippen molar-refractivity contribution >= 4 is 5.91 Å². The summed E-state index contributed by atoms with van der Waals surface area (Å²) in [5.41, 5.74) is 0.467. The van der Waals surface area contributed by atoms with Gasteiger partial charge in [0.05, 0.1) is 6.04 Å². The Morgan fingerprint density at radius 1 is 1.00 bits per heavy atom. The maximum atomic E-state index is 12.5. The Bertz CT molecular complexity index is 363. The fraction of sp³-hybridized carbons (Fsp3) is 0.944. The normalized spacial score (nSPS) is 45.3. The van der Waals surface area contributed by atoms with Gasteiger partial charge in [0.1, 0.15) is 0 Å². The molecule has 1 aliphatic heterocycles. The van der Waals surface area contributed by atoms with Gasteiger partial charge in [-0.1, -0.05) is 12.8 Å². The van der Waals surface area contributed by atoms with Gasteiger partial charge in [-0.2, -0.15) is 0 Å². The van der Waals surface area contributed by atoms with Gasteiger partial charge in [0, 0.05) is 6.54 Å². The third-order valence-electron chi connectivity index (χ3n) is 6.68. The van der Waals surface area contributed by atoms with Gasteiger partial charge < -0.3 is 10.6 Å². The van der Waals surface area contributed by atoms with Crippen molar-refractivity contribution in [2.24, 2.45) is 23.2 Å². The molecular formula is C18H30N2O. The molecule has 5 fully saturated rings. The van der Waals surface area contributed by atoms with Gasteiger partial charge in [-0.25, -0.2) is 0 Å². The molecule has 21 heavy (non-hydrogen) atoms. The first-order chi connectivity index (χ1) is 10.2. The van der Waals surface area contributed by atoms with Gasteiger partial charge in [0.15, 0.2) is 0 Å². The number of amides is 1. The van der Waals surface area contributed by atoms with E-state index < -0.39 is 0 Å². The van der Waals surface area contributed by atoms with Crippen molar-refractivity contribution in [2.45, 2.75) is 70.3 Å². The third kappa shape index (κ3) is 2.86. The van der Waals surface area contributed by atoms with E-state index >= 15 is 0 Å². The van der Waals surface area contributed by atoms with Crippen molar-refractivity contribution in [3.8, 4) is 0 Å². The second kappa shape index (κ2) is 5.57. The van der Waals surface area contributed by atoms with E-state index in [1.54, 1.807) is 0 Å². The van der Waals surface area contributed by atoms with E-state index in [0.717, 1.165) is 37.3 Å². The van der Waals surface area contributed by atoms with Crippen LogP contribution in [0, 0.1) is 23.2 Å². The van der Waals surface area contributed by atoms with Gasteiger partial charge in [-0.3, -0.25) is 4.79 Å². The Kier molecular flexibility index (Phi) is 3.72. The fourth-order valence-electron chi connectivity index (χ4n) is 6.16. The molecule has 0 aromatic carbocycles. The Balaban J connectivity index is 1.34. The van der Waals surface area contributed by atoms with Crippen molar-refractivity contribution < 1.29 is 4.79 Å². The van der Waals surface area contributed by atoms with Crippen LogP contribution in [-0.4, -0.2) is 25.0 Å². The van der Waals surface area contributed by atoms with E-state index in [0.29, 0.717) is 5.41 Å². The molecule has 3 nitrogen and oxygen atoms in total. The second-order valence-corrected chi connectivity index (χ2v) is 8.49. The number of hydrogen-bond donors (Lipinski definition) is 2. The van der Waals surface area contributed by atoms with E-state index in [2.05, 4.69) is 10.6 Å². The summed E-state index contributed by atoms with van der Waals surface area (Å²) in [5.74, 6) is 3.20. The highest BCUT2D eigenvalue weighted by Crippen LogP contribution is 2.59. The molecule has 0 aromatic rings. The van der Waals surface area contributed by atoms with Crippen LogP contribution in [0.2, 0.25) is 0 Å². The molecule has 1 saturated heterocycles. The van der Waals surface area contributed by atoms with E-state index in [9.17, 15) is 4.79 Å². The lowest BCUT2D eigenvalue weighted by molar-refractivity contribution is -0.125. The average molecular weight is 290 g/mol. The van der Waals surface area contributed by atoms with Crippen LogP contribution in [0.15, 0.2) is 0 Å². The van der Waals surface area contributed by atoms with E-state index in [-0.39, 0.29) is 11.9 Å². The molecule has 0 spiro atoms. The van der Waals surface area contributed by atoms with Crippen molar-refractivity contribution in [2.75, 3.05) is 13.1 Å². The van der Waals surface area contributed by atoms with E-state index in [1.165, 1.54) is 57.8 Å². The molecule has 5 rings (SSSR count). The van der Waals surface area contributed by atoms with Crippen molar-refractivity contribution in [1.29, 1.82) is 0 Å². The summed E-state index contributed by atoms with van der Waals surface area (Å²) in [4.78, 5) is 12.5. The maximum Gasteiger partial charge on any atom is 0.237 e. The smallest absolute Gasteiger partial charge is 0.237 e. The highest BCUT2D eigenvalue weighted by Gasteiger charge is 2.50. The highest BCUT2D eigenvalue weighted by molar-refractivity contribution is 5.81. The first-order valence-corrected chi connectivity index (χ1v) is 9.24. The van der Waals surface area contributed by atoms with Crippen molar-refractivity contribution in [3.05, 3.63) is 0 Å². The van der Waals surface area contributed by atoms with Crippen LogP contribution >= 0.6 is 0 Å².